The molecule has 10 nitrogen and oxygen atoms in total. The maximum atomic E-state index is 13.1. The number of hydrogen-bond donors (Lipinski definition) is 3. The van der Waals surface area contributed by atoms with Gasteiger partial charge in [0.25, 0.3) is 5.91 Å². The summed E-state index contributed by atoms with van der Waals surface area (Å²) in [5, 5.41) is 12.4. The van der Waals surface area contributed by atoms with Gasteiger partial charge in [-0.3, -0.25) is 14.5 Å². The Morgan fingerprint density at radius 2 is 1.66 bits per heavy atom. The van der Waals surface area contributed by atoms with Gasteiger partial charge in [0, 0.05) is 31.9 Å². The first-order valence-corrected chi connectivity index (χ1v) is 12.2. The third-order valence-electron chi connectivity index (χ3n) is 6.33. The Morgan fingerprint density at radius 3 is 2.22 bits per heavy atom. The van der Waals surface area contributed by atoms with Gasteiger partial charge in [0.15, 0.2) is 0 Å². The number of nitrogens with zero attached hydrogens (tertiary/aromatic N) is 2. The van der Waals surface area contributed by atoms with Gasteiger partial charge in [-0.25, -0.2) is 9.52 Å². The lowest BCUT2D eigenvalue weighted by molar-refractivity contribution is -0.121. The van der Waals surface area contributed by atoms with E-state index in [4.69, 9.17) is 0 Å². The molecule has 0 aromatic heterocycles. The summed E-state index contributed by atoms with van der Waals surface area (Å²) in [7, 11) is -1.31. The van der Waals surface area contributed by atoms with E-state index in [1.807, 2.05) is 4.72 Å². The van der Waals surface area contributed by atoms with Crippen LogP contribution in [0.5, 0.6) is 0 Å². The molecule has 3 rings (SSSR count). The zero-order valence-electron chi connectivity index (χ0n) is 18.3. The molecule has 0 bridgehead atoms. The van der Waals surface area contributed by atoms with Gasteiger partial charge >= 0.3 is 16.3 Å². The topological polar surface area (TPSA) is 136 Å². The Morgan fingerprint density at radius 1 is 1.03 bits per heavy atom. The van der Waals surface area contributed by atoms with Crippen LogP contribution in [0.3, 0.4) is 0 Å². The predicted molar refractivity (Wildman–Crippen MR) is 118 cm³/mol. The SMILES string of the molecule is CN(C)S(=O)(=O)NC(=O)c1ccc(NC(=O)[C@@H]2[C@H](C3CCCCC3)CCN2C(=O)O)cc1. The van der Waals surface area contributed by atoms with Crippen molar-refractivity contribution in [3.8, 4) is 0 Å². The Labute approximate surface area is 188 Å². The molecule has 1 heterocycles. The maximum Gasteiger partial charge on any atom is 0.407 e. The average Bonchev–Trinajstić information content (AvgIpc) is 3.20. The Kier molecular flexibility index (Phi) is 7.40. The minimum atomic E-state index is -3.91. The van der Waals surface area contributed by atoms with Crippen molar-refractivity contribution in [2.75, 3.05) is 26.0 Å². The molecule has 2 aliphatic rings. The monoisotopic (exact) mass is 466 g/mol. The number of carboxylic acid groups (broad SMARTS) is 1. The molecule has 176 valence electrons. The van der Waals surface area contributed by atoms with Crippen molar-refractivity contribution in [1.82, 2.24) is 13.9 Å². The first-order chi connectivity index (χ1) is 15.1. The van der Waals surface area contributed by atoms with Crippen LogP contribution < -0.4 is 10.0 Å². The van der Waals surface area contributed by atoms with Crippen LogP contribution in [0.25, 0.3) is 0 Å². The third-order valence-corrected chi connectivity index (χ3v) is 7.74. The largest absolute Gasteiger partial charge is 0.465 e. The van der Waals surface area contributed by atoms with E-state index in [0.717, 1.165) is 30.0 Å². The normalized spacial score (nSPS) is 22.0. The molecular weight excluding hydrogens is 436 g/mol. The minimum absolute atomic E-state index is 0.00677. The molecule has 32 heavy (non-hydrogen) atoms. The van der Waals surface area contributed by atoms with Gasteiger partial charge in [-0.15, -0.1) is 0 Å². The van der Waals surface area contributed by atoms with Crippen molar-refractivity contribution in [1.29, 1.82) is 0 Å². The van der Waals surface area contributed by atoms with Crippen LogP contribution in [0.2, 0.25) is 0 Å². The highest BCUT2D eigenvalue weighted by Crippen LogP contribution is 2.39. The number of carbonyl (C=O) groups excluding carboxylic acids is 2. The number of nitrogens with one attached hydrogen (secondary N) is 2. The highest BCUT2D eigenvalue weighted by Gasteiger charge is 2.45. The molecule has 2 fully saturated rings. The fourth-order valence-corrected chi connectivity index (χ4v) is 5.15. The van der Waals surface area contributed by atoms with Crippen LogP contribution in [-0.2, 0) is 15.0 Å². The van der Waals surface area contributed by atoms with E-state index in [0.29, 0.717) is 24.6 Å². The summed E-state index contributed by atoms with van der Waals surface area (Å²) >= 11 is 0. The summed E-state index contributed by atoms with van der Waals surface area (Å²) in [5.74, 6) is -0.837. The Balaban J connectivity index is 1.70. The fourth-order valence-electron chi connectivity index (χ4n) is 4.61. The first-order valence-electron chi connectivity index (χ1n) is 10.7. The minimum Gasteiger partial charge on any atom is -0.465 e. The molecule has 0 unspecified atom stereocenters. The molecule has 1 aliphatic carbocycles. The molecule has 1 aliphatic heterocycles. The van der Waals surface area contributed by atoms with Crippen LogP contribution in [0, 0.1) is 11.8 Å². The molecule has 3 N–H and O–H groups in total. The molecule has 1 aromatic carbocycles. The van der Waals surface area contributed by atoms with E-state index in [9.17, 15) is 27.9 Å². The van der Waals surface area contributed by atoms with E-state index in [-0.39, 0.29) is 17.4 Å². The number of rotatable bonds is 6. The van der Waals surface area contributed by atoms with Gasteiger partial charge in [-0.05, 0) is 42.5 Å². The summed E-state index contributed by atoms with van der Waals surface area (Å²) in [5.41, 5.74) is 0.517. The number of benzene rings is 1. The maximum absolute atomic E-state index is 13.1. The second kappa shape index (κ2) is 9.86. The molecule has 0 spiro atoms. The van der Waals surface area contributed by atoms with E-state index in [1.54, 1.807) is 0 Å². The zero-order valence-corrected chi connectivity index (χ0v) is 19.1. The van der Waals surface area contributed by atoms with E-state index in [1.165, 1.54) is 49.7 Å². The smallest absolute Gasteiger partial charge is 0.407 e. The molecule has 1 aromatic rings. The van der Waals surface area contributed by atoms with E-state index in [2.05, 4.69) is 5.32 Å². The molecule has 2 atom stereocenters. The molecular formula is C21H30N4O6S. The quantitative estimate of drug-likeness (QED) is 0.587. The van der Waals surface area contributed by atoms with E-state index < -0.39 is 28.3 Å². The van der Waals surface area contributed by atoms with Gasteiger partial charge in [0.1, 0.15) is 6.04 Å². The van der Waals surface area contributed by atoms with Crippen molar-refractivity contribution in [3.63, 3.8) is 0 Å². The Hall–Kier alpha value is -2.66. The summed E-state index contributed by atoms with van der Waals surface area (Å²) in [6.45, 7) is 0.341. The second-order valence-electron chi connectivity index (χ2n) is 8.56. The number of likely N-dealkylation sites (tertiary alicyclic amines) is 1. The van der Waals surface area contributed by atoms with Crippen molar-refractivity contribution in [2.45, 2.75) is 44.6 Å². The lowest BCUT2D eigenvalue weighted by Gasteiger charge is -2.32. The van der Waals surface area contributed by atoms with Gasteiger partial charge in [-0.2, -0.15) is 12.7 Å². The lowest BCUT2D eigenvalue weighted by Crippen LogP contribution is -2.47. The molecule has 0 radical (unpaired) electrons. The number of hydrogen-bond acceptors (Lipinski definition) is 5. The lowest BCUT2D eigenvalue weighted by atomic mass is 9.76. The van der Waals surface area contributed by atoms with Crippen molar-refractivity contribution >= 4 is 33.8 Å². The fraction of sp³-hybridized carbons (Fsp3) is 0.571. The third kappa shape index (κ3) is 5.39. The summed E-state index contributed by atoms with van der Waals surface area (Å²) in [6.07, 6.45) is 5.00. The van der Waals surface area contributed by atoms with Crippen LogP contribution in [0.15, 0.2) is 24.3 Å². The van der Waals surface area contributed by atoms with Gasteiger partial charge in [0.2, 0.25) is 5.91 Å². The number of amides is 3. The van der Waals surface area contributed by atoms with Crippen molar-refractivity contribution in [2.24, 2.45) is 11.8 Å². The second-order valence-corrected chi connectivity index (χ2v) is 10.4. The van der Waals surface area contributed by atoms with Gasteiger partial charge < -0.3 is 10.4 Å². The van der Waals surface area contributed by atoms with E-state index >= 15 is 0 Å². The first kappa shape index (κ1) is 24.0. The standard InChI is InChI=1S/C21H30N4O6S/c1-24(2)32(30,31)23-19(26)15-8-10-16(11-9-15)22-20(27)18-17(12-13-25(18)21(28)29)14-6-4-3-5-7-14/h8-11,14,17-18H,3-7,12-13H2,1-2H3,(H,22,27)(H,23,26)(H,28,29)/t17-,18-/m0/s1. The van der Waals surface area contributed by atoms with Crippen LogP contribution in [0.1, 0.15) is 48.9 Å². The molecule has 11 heteroatoms. The number of anilines is 1. The zero-order chi connectivity index (χ0) is 23.5. The van der Waals surface area contributed by atoms with Crippen LogP contribution in [-0.4, -0.2) is 67.3 Å². The summed E-state index contributed by atoms with van der Waals surface area (Å²) in [4.78, 5) is 38.2. The van der Waals surface area contributed by atoms with Gasteiger partial charge in [0.05, 0.1) is 0 Å². The molecule has 1 saturated heterocycles. The van der Waals surface area contributed by atoms with Crippen LogP contribution >= 0.6 is 0 Å². The number of carbonyl (C=O) groups is 3. The van der Waals surface area contributed by atoms with Crippen LogP contribution in [0.4, 0.5) is 10.5 Å². The summed E-state index contributed by atoms with van der Waals surface area (Å²) < 4.78 is 26.4. The van der Waals surface area contributed by atoms with Crippen molar-refractivity contribution < 1.29 is 27.9 Å². The molecule has 3 amide bonds. The summed E-state index contributed by atoms with van der Waals surface area (Å²) in [6, 6.07) is 5.04. The highest BCUT2D eigenvalue weighted by atomic mass is 32.2. The Bertz CT molecular complexity index is 957. The van der Waals surface area contributed by atoms with Crippen molar-refractivity contribution in [3.05, 3.63) is 29.8 Å². The highest BCUT2D eigenvalue weighted by molar-refractivity contribution is 7.87. The predicted octanol–water partition coefficient (Wildman–Crippen LogP) is 2.11. The molecule has 1 saturated carbocycles. The van der Waals surface area contributed by atoms with Gasteiger partial charge in [-0.1, -0.05) is 32.1 Å². The average molecular weight is 467 g/mol.